The van der Waals surface area contributed by atoms with Crippen LogP contribution in [0.2, 0.25) is 0 Å². The van der Waals surface area contributed by atoms with Crippen LogP contribution < -0.4 is 5.73 Å². The lowest BCUT2D eigenvalue weighted by atomic mass is 9.74. The summed E-state index contributed by atoms with van der Waals surface area (Å²) in [7, 11) is 0. The van der Waals surface area contributed by atoms with Crippen molar-refractivity contribution in [3.8, 4) is 10.4 Å². The molecule has 1 aromatic carbocycles. The quantitative estimate of drug-likeness (QED) is 0.702. The predicted octanol–water partition coefficient (Wildman–Crippen LogP) is 3.76. The molecular weight excluding hydrogens is 382 g/mol. The number of piperidine rings is 1. The molecule has 2 N–H and O–H groups in total. The maximum Gasteiger partial charge on any atom is 0.253 e. The summed E-state index contributed by atoms with van der Waals surface area (Å²) in [6.07, 6.45) is 5.18. The number of hydrogen-bond acceptors (Lipinski definition) is 4. The van der Waals surface area contributed by atoms with E-state index in [4.69, 9.17) is 5.73 Å². The number of benzene rings is 1. The van der Waals surface area contributed by atoms with Gasteiger partial charge in [-0.15, -0.1) is 11.3 Å². The van der Waals surface area contributed by atoms with Gasteiger partial charge in [0.15, 0.2) is 0 Å². The minimum atomic E-state index is -0.755. The van der Waals surface area contributed by atoms with Gasteiger partial charge in [0.25, 0.3) is 5.91 Å². The topological polar surface area (TPSA) is 76.3 Å². The highest BCUT2D eigenvalue weighted by molar-refractivity contribution is 7.13. The van der Waals surface area contributed by atoms with Crippen LogP contribution in [0, 0.1) is 5.41 Å². The minimum absolute atomic E-state index is 0.0786. The van der Waals surface area contributed by atoms with Crippen molar-refractivity contribution in [3.63, 3.8) is 0 Å². The molecule has 1 fully saturated rings. The zero-order valence-corrected chi connectivity index (χ0v) is 16.9. The van der Waals surface area contributed by atoms with Gasteiger partial charge in [0, 0.05) is 35.9 Å². The van der Waals surface area contributed by atoms with Gasteiger partial charge in [-0.1, -0.05) is 30.3 Å². The van der Waals surface area contributed by atoms with E-state index in [9.17, 15) is 9.59 Å². The van der Waals surface area contributed by atoms with Gasteiger partial charge in [-0.3, -0.25) is 14.6 Å². The first-order valence-corrected chi connectivity index (χ1v) is 10.6. The van der Waals surface area contributed by atoms with Crippen molar-refractivity contribution < 1.29 is 9.59 Å². The van der Waals surface area contributed by atoms with E-state index in [0.717, 1.165) is 17.5 Å². The molecule has 0 spiro atoms. The summed E-state index contributed by atoms with van der Waals surface area (Å²) in [5.41, 5.74) is 7.93. The normalized spacial score (nSPS) is 19.1. The van der Waals surface area contributed by atoms with Crippen LogP contribution in [0.5, 0.6) is 0 Å². The first-order valence-electron chi connectivity index (χ1n) is 9.69. The Balaban J connectivity index is 1.59. The van der Waals surface area contributed by atoms with Gasteiger partial charge in [-0.05, 0) is 54.0 Å². The molecule has 3 heterocycles. The average Bonchev–Trinajstić information content (AvgIpc) is 3.29. The van der Waals surface area contributed by atoms with Gasteiger partial charge >= 0.3 is 0 Å². The van der Waals surface area contributed by atoms with Crippen molar-refractivity contribution in [2.75, 3.05) is 13.1 Å². The molecule has 0 radical (unpaired) electrons. The van der Waals surface area contributed by atoms with Gasteiger partial charge in [0.05, 0.1) is 5.41 Å². The highest BCUT2D eigenvalue weighted by atomic mass is 32.1. The largest absolute Gasteiger partial charge is 0.369 e. The average molecular weight is 406 g/mol. The van der Waals surface area contributed by atoms with Crippen LogP contribution in [0.3, 0.4) is 0 Å². The molecule has 148 valence electrons. The van der Waals surface area contributed by atoms with Gasteiger partial charge in [0.1, 0.15) is 0 Å². The fourth-order valence-electron chi connectivity index (χ4n) is 4.08. The summed E-state index contributed by atoms with van der Waals surface area (Å²) in [6, 6.07) is 15.8. The molecule has 1 atom stereocenters. The predicted molar refractivity (Wildman–Crippen MR) is 114 cm³/mol. The molecule has 6 heteroatoms. The number of primary amides is 1. The van der Waals surface area contributed by atoms with Crippen molar-refractivity contribution in [2.45, 2.75) is 19.3 Å². The van der Waals surface area contributed by atoms with Gasteiger partial charge in [0.2, 0.25) is 5.91 Å². The Bertz CT molecular complexity index is 1000. The van der Waals surface area contributed by atoms with E-state index in [0.29, 0.717) is 31.5 Å². The Labute approximate surface area is 174 Å². The molecule has 3 aromatic rings. The van der Waals surface area contributed by atoms with E-state index in [-0.39, 0.29) is 11.8 Å². The Morgan fingerprint density at radius 1 is 1.14 bits per heavy atom. The number of carbonyl (C=O) groups excluding carboxylic acids is 2. The van der Waals surface area contributed by atoms with E-state index in [2.05, 4.69) is 28.6 Å². The summed E-state index contributed by atoms with van der Waals surface area (Å²) in [6.45, 7) is 0.970. The summed E-state index contributed by atoms with van der Waals surface area (Å²) < 4.78 is 0. The molecule has 4 rings (SSSR count). The number of amides is 2. The summed E-state index contributed by atoms with van der Waals surface area (Å²) in [5.74, 6) is -0.420. The standard InChI is InChI=1S/C23H23N3O2S/c24-22(28)23(15-17-4-1-5-19(14-17)20-6-2-13-29-20)9-3-12-26(16-23)21(27)18-7-10-25-11-8-18/h1-2,4-8,10-11,13-14H,3,9,12,15-16H2,(H2,24,28)/t23-/m1/s1. The Kier molecular flexibility index (Phi) is 5.45. The van der Waals surface area contributed by atoms with Gasteiger partial charge in [-0.25, -0.2) is 0 Å². The summed E-state index contributed by atoms with van der Waals surface area (Å²) in [4.78, 5) is 32.4. The molecule has 1 saturated heterocycles. The second-order valence-electron chi connectivity index (χ2n) is 7.57. The van der Waals surface area contributed by atoms with Crippen LogP contribution >= 0.6 is 11.3 Å². The smallest absolute Gasteiger partial charge is 0.253 e. The fraction of sp³-hybridized carbons (Fsp3) is 0.261. The van der Waals surface area contributed by atoms with Crippen LogP contribution in [-0.2, 0) is 11.2 Å². The number of thiophene rings is 1. The molecule has 2 amide bonds. The molecule has 0 bridgehead atoms. The van der Waals surface area contributed by atoms with Crippen molar-refractivity contribution in [1.82, 2.24) is 9.88 Å². The van der Waals surface area contributed by atoms with Crippen LogP contribution in [0.25, 0.3) is 10.4 Å². The molecule has 1 aliphatic rings. The molecule has 5 nitrogen and oxygen atoms in total. The van der Waals surface area contributed by atoms with Gasteiger partial charge < -0.3 is 10.6 Å². The lowest BCUT2D eigenvalue weighted by molar-refractivity contribution is -0.130. The number of pyridine rings is 1. The number of rotatable bonds is 5. The third-order valence-electron chi connectivity index (χ3n) is 5.59. The molecule has 1 aliphatic heterocycles. The van der Waals surface area contributed by atoms with Crippen LogP contribution in [0.1, 0.15) is 28.8 Å². The number of nitrogens with two attached hydrogens (primary N) is 1. The Morgan fingerprint density at radius 3 is 2.69 bits per heavy atom. The van der Waals surface area contributed by atoms with Crippen LogP contribution in [0.4, 0.5) is 0 Å². The maximum absolute atomic E-state index is 12.9. The molecule has 2 aromatic heterocycles. The molecule has 0 unspecified atom stereocenters. The SMILES string of the molecule is NC(=O)[C@@]1(Cc2cccc(-c3cccs3)c2)CCCN(C(=O)c2ccncc2)C1. The molecule has 29 heavy (non-hydrogen) atoms. The number of carbonyl (C=O) groups is 2. The van der Waals surface area contributed by atoms with Crippen LogP contribution in [-0.4, -0.2) is 34.8 Å². The third-order valence-corrected chi connectivity index (χ3v) is 6.51. The maximum atomic E-state index is 12.9. The monoisotopic (exact) mass is 405 g/mol. The minimum Gasteiger partial charge on any atom is -0.369 e. The van der Waals surface area contributed by atoms with Gasteiger partial charge in [-0.2, -0.15) is 0 Å². The zero-order chi connectivity index (χ0) is 20.3. The van der Waals surface area contributed by atoms with Crippen molar-refractivity contribution >= 4 is 23.2 Å². The Morgan fingerprint density at radius 2 is 1.97 bits per heavy atom. The molecular formula is C23H23N3O2S. The first-order chi connectivity index (χ1) is 14.1. The highest BCUT2D eigenvalue weighted by Crippen LogP contribution is 2.35. The number of hydrogen-bond donors (Lipinski definition) is 1. The number of nitrogens with zero attached hydrogens (tertiary/aromatic N) is 2. The second-order valence-corrected chi connectivity index (χ2v) is 8.51. The molecule has 0 aliphatic carbocycles. The summed E-state index contributed by atoms with van der Waals surface area (Å²) in [5, 5.41) is 2.05. The third kappa shape index (κ3) is 4.07. The van der Waals surface area contributed by atoms with E-state index in [1.165, 1.54) is 4.88 Å². The number of likely N-dealkylation sites (tertiary alicyclic amines) is 1. The van der Waals surface area contributed by atoms with E-state index >= 15 is 0 Å². The number of aromatic nitrogens is 1. The van der Waals surface area contributed by atoms with Crippen LogP contribution in [0.15, 0.2) is 66.3 Å². The Hall–Kier alpha value is -2.99. The zero-order valence-electron chi connectivity index (χ0n) is 16.1. The first kappa shape index (κ1) is 19.3. The lowest BCUT2D eigenvalue weighted by Gasteiger charge is -2.41. The molecule has 0 saturated carbocycles. The highest BCUT2D eigenvalue weighted by Gasteiger charge is 2.42. The van der Waals surface area contributed by atoms with Crippen molar-refractivity contribution in [1.29, 1.82) is 0 Å². The van der Waals surface area contributed by atoms with E-state index < -0.39 is 5.41 Å². The van der Waals surface area contributed by atoms with E-state index in [1.54, 1.807) is 40.8 Å². The summed E-state index contributed by atoms with van der Waals surface area (Å²) >= 11 is 1.69. The van der Waals surface area contributed by atoms with Crippen molar-refractivity contribution in [3.05, 3.63) is 77.4 Å². The second kappa shape index (κ2) is 8.17. The van der Waals surface area contributed by atoms with E-state index in [1.807, 2.05) is 18.2 Å². The lowest BCUT2D eigenvalue weighted by Crippen LogP contribution is -2.53. The fourth-order valence-corrected chi connectivity index (χ4v) is 4.81. The van der Waals surface area contributed by atoms with Crippen molar-refractivity contribution in [2.24, 2.45) is 11.1 Å².